The van der Waals surface area contributed by atoms with Crippen molar-refractivity contribution in [2.24, 2.45) is 5.92 Å². The third-order valence-electron chi connectivity index (χ3n) is 5.82. The number of halogens is 1. The summed E-state index contributed by atoms with van der Waals surface area (Å²) in [5.74, 6) is 0.956. The topological polar surface area (TPSA) is 0 Å². The van der Waals surface area contributed by atoms with E-state index in [1.54, 1.807) is 0 Å². The number of hydrogen-bond acceptors (Lipinski definition) is 0. The summed E-state index contributed by atoms with van der Waals surface area (Å²) in [6.07, 6.45) is 17.5. The first-order valence-electron chi connectivity index (χ1n) is 8.25. The lowest BCUT2D eigenvalue weighted by Crippen LogP contribution is -2.43. The maximum Gasteiger partial charge on any atom is 0.156 e. The van der Waals surface area contributed by atoms with Gasteiger partial charge in [-0.05, 0) is 23.8 Å². The van der Waals surface area contributed by atoms with Crippen molar-refractivity contribution in [1.29, 1.82) is 0 Å². The van der Waals surface area contributed by atoms with Crippen LogP contribution in [0.3, 0.4) is 0 Å². The largest absolute Gasteiger partial charge is 0.167 e. The maximum absolute atomic E-state index is 7.07. The second kappa shape index (κ2) is 6.30. The van der Waals surface area contributed by atoms with E-state index in [2.05, 4.69) is 13.1 Å². The number of rotatable bonds is 2. The Morgan fingerprint density at radius 1 is 0.778 bits per heavy atom. The monoisotopic (exact) mass is 286 g/mol. The van der Waals surface area contributed by atoms with E-state index in [0.717, 1.165) is 5.92 Å². The first-order chi connectivity index (χ1) is 8.56. The lowest BCUT2D eigenvalue weighted by molar-refractivity contribution is 0.278. The molecule has 2 saturated carbocycles. The summed E-state index contributed by atoms with van der Waals surface area (Å²) in [6, 6.07) is 0. The van der Waals surface area contributed by atoms with Crippen LogP contribution >= 0.6 is 11.1 Å². The van der Waals surface area contributed by atoms with Crippen LogP contribution in [-0.2, 0) is 0 Å². The first kappa shape index (κ1) is 14.9. The van der Waals surface area contributed by atoms with Crippen LogP contribution in [0.2, 0.25) is 18.1 Å². The summed E-state index contributed by atoms with van der Waals surface area (Å²) in [4.78, 5) is 0. The first-order valence-corrected chi connectivity index (χ1v) is 12.3. The van der Waals surface area contributed by atoms with Crippen molar-refractivity contribution in [3.05, 3.63) is 0 Å². The molecule has 0 spiro atoms. The third kappa shape index (κ3) is 3.15. The molecular formula is C16H31ClSi. The highest BCUT2D eigenvalue weighted by Gasteiger charge is 2.50. The standard InChI is InChI=1S/C16H31ClSi/c1-18(2,17)16(13-9-5-6-10-14-16)15-11-7-3-4-8-12-15/h15H,3-14H2,1-2H3. The molecule has 0 unspecified atom stereocenters. The molecule has 0 nitrogen and oxygen atoms in total. The van der Waals surface area contributed by atoms with Crippen molar-refractivity contribution >= 4 is 18.5 Å². The van der Waals surface area contributed by atoms with E-state index in [1.807, 2.05) is 0 Å². The molecule has 0 aromatic rings. The van der Waals surface area contributed by atoms with Crippen molar-refractivity contribution in [3.63, 3.8) is 0 Å². The maximum atomic E-state index is 7.07. The molecule has 2 aliphatic rings. The summed E-state index contributed by atoms with van der Waals surface area (Å²) >= 11 is 7.07. The van der Waals surface area contributed by atoms with Crippen LogP contribution in [0.1, 0.15) is 77.0 Å². The van der Waals surface area contributed by atoms with Gasteiger partial charge in [-0.1, -0.05) is 77.3 Å². The zero-order valence-electron chi connectivity index (χ0n) is 12.4. The van der Waals surface area contributed by atoms with Gasteiger partial charge in [-0.2, -0.15) is 11.1 Å². The van der Waals surface area contributed by atoms with Gasteiger partial charge in [0.25, 0.3) is 0 Å². The normalized spacial score (nSPS) is 27.5. The Morgan fingerprint density at radius 2 is 1.22 bits per heavy atom. The minimum absolute atomic E-state index is 0.565. The van der Waals surface area contributed by atoms with E-state index in [4.69, 9.17) is 11.1 Å². The van der Waals surface area contributed by atoms with E-state index < -0.39 is 7.38 Å². The van der Waals surface area contributed by atoms with Gasteiger partial charge >= 0.3 is 0 Å². The highest BCUT2D eigenvalue weighted by atomic mass is 35.6. The van der Waals surface area contributed by atoms with Gasteiger partial charge in [0.1, 0.15) is 0 Å². The molecule has 0 amide bonds. The highest BCUT2D eigenvalue weighted by Crippen LogP contribution is 2.59. The molecule has 0 bridgehead atoms. The molecule has 106 valence electrons. The average Bonchev–Trinajstić information content (AvgIpc) is 2.71. The molecule has 0 aromatic heterocycles. The summed E-state index contributed by atoms with van der Waals surface area (Å²) in [5.41, 5.74) is 0. The molecule has 2 fully saturated rings. The summed E-state index contributed by atoms with van der Waals surface area (Å²) in [7, 11) is -1.58. The number of hydrogen-bond donors (Lipinski definition) is 0. The molecule has 0 atom stereocenters. The molecule has 18 heavy (non-hydrogen) atoms. The molecule has 0 aliphatic heterocycles. The van der Waals surface area contributed by atoms with Gasteiger partial charge in [0.05, 0.1) is 0 Å². The second-order valence-corrected chi connectivity index (χ2v) is 14.0. The van der Waals surface area contributed by atoms with E-state index in [0.29, 0.717) is 5.04 Å². The Hall–Kier alpha value is 0.507. The lowest BCUT2D eigenvalue weighted by atomic mass is 9.80. The molecule has 2 rings (SSSR count). The minimum atomic E-state index is -1.58. The fourth-order valence-electron chi connectivity index (χ4n) is 4.68. The Kier molecular flexibility index (Phi) is 5.22. The van der Waals surface area contributed by atoms with E-state index in [-0.39, 0.29) is 0 Å². The molecule has 0 N–H and O–H groups in total. The van der Waals surface area contributed by atoms with Crippen LogP contribution in [0.25, 0.3) is 0 Å². The molecule has 0 saturated heterocycles. The molecular weight excluding hydrogens is 256 g/mol. The van der Waals surface area contributed by atoms with Gasteiger partial charge in [0, 0.05) is 0 Å². The summed E-state index contributed by atoms with van der Waals surface area (Å²) < 4.78 is 0. The van der Waals surface area contributed by atoms with Crippen molar-refractivity contribution in [1.82, 2.24) is 0 Å². The Labute approximate surface area is 120 Å². The van der Waals surface area contributed by atoms with Crippen LogP contribution in [0.4, 0.5) is 0 Å². The molecule has 2 aliphatic carbocycles. The van der Waals surface area contributed by atoms with Crippen LogP contribution in [0.15, 0.2) is 0 Å². The van der Waals surface area contributed by atoms with Gasteiger partial charge in [0.15, 0.2) is 7.38 Å². The van der Waals surface area contributed by atoms with Gasteiger partial charge in [0.2, 0.25) is 0 Å². The predicted molar refractivity (Wildman–Crippen MR) is 84.9 cm³/mol. The summed E-state index contributed by atoms with van der Waals surface area (Å²) in [5, 5.41) is 0.565. The average molecular weight is 287 g/mol. The van der Waals surface area contributed by atoms with Crippen molar-refractivity contribution in [3.8, 4) is 0 Å². The minimum Gasteiger partial charge on any atom is -0.167 e. The van der Waals surface area contributed by atoms with Gasteiger partial charge in [-0.3, -0.25) is 0 Å². The van der Waals surface area contributed by atoms with Crippen LogP contribution in [0.5, 0.6) is 0 Å². The van der Waals surface area contributed by atoms with Crippen LogP contribution in [-0.4, -0.2) is 7.38 Å². The third-order valence-corrected chi connectivity index (χ3v) is 10.2. The zero-order chi connectivity index (χ0) is 13.1. The van der Waals surface area contributed by atoms with Crippen LogP contribution < -0.4 is 0 Å². The van der Waals surface area contributed by atoms with Gasteiger partial charge in [-0.25, -0.2) is 0 Å². The second-order valence-electron chi connectivity index (χ2n) is 7.23. The SMILES string of the molecule is C[Si](C)(Cl)C1(C2CCCCCC2)CCCCCC1. The Bertz CT molecular complexity index is 240. The zero-order valence-corrected chi connectivity index (χ0v) is 14.2. The highest BCUT2D eigenvalue weighted by molar-refractivity contribution is 7.20. The van der Waals surface area contributed by atoms with Gasteiger partial charge in [-0.15, -0.1) is 0 Å². The fraction of sp³-hybridized carbons (Fsp3) is 1.00. The molecule has 2 heteroatoms. The predicted octanol–water partition coefficient (Wildman–Crippen LogP) is 6.50. The molecule has 0 radical (unpaired) electrons. The summed E-state index contributed by atoms with van der Waals surface area (Å²) in [6.45, 7) is 4.87. The Morgan fingerprint density at radius 3 is 1.67 bits per heavy atom. The Balaban J connectivity index is 2.21. The van der Waals surface area contributed by atoms with Crippen molar-refractivity contribution in [2.45, 2.75) is 95.2 Å². The van der Waals surface area contributed by atoms with Gasteiger partial charge < -0.3 is 0 Å². The van der Waals surface area contributed by atoms with Crippen LogP contribution in [0, 0.1) is 5.92 Å². The fourth-order valence-corrected chi connectivity index (χ4v) is 8.51. The van der Waals surface area contributed by atoms with E-state index >= 15 is 0 Å². The quantitative estimate of drug-likeness (QED) is 0.309. The van der Waals surface area contributed by atoms with Crippen molar-refractivity contribution in [2.75, 3.05) is 0 Å². The molecule has 0 aromatic carbocycles. The van der Waals surface area contributed by atoms with Crippen molar-refractivity contribution < 1.29 is 0 Å². The lowest BCUT2D eigenvalue weighted by Gasteiger charge is -2.47. The smallest absolute Gasteiger partial charge is 0.156 e. The molecule has 0 heterocycles. The van der Waals surface area contributed by atoms with E-state index in [9.17, 15) is 0 Å². The van der Waals surface area contributed by atoms with E-state index in [1.165, 1.54) is 77.0 Å².